The van der Waals surface area contributed by atoms with Gasteiger partial charge in [-0.05, 0) is 68.3 Å². The first-order chi connectivity index (χ1) is 15.9. The Hall–Kier alpha value is -2.75. The molecule has 0 unspecified atom stereocenters. The number of hydrogen-bond acceptors (Lipinski definition) is 6. The first-order valence-electron chi connectivity index (χ1n) is 11.0. The molecule has 1 aromatic heterocycles. The van der Waals surface area contributed by atoms with Crippen LogP contribution in [0.15, 0.2) is 58.8 Å². The molecule has 3 aromatic rings. The number of ether oxygens (including phenoxy) is 1. The monoisotopic (exact) mass is 485 g/mol. The van der Waals surface area contributed by atoms with Crippen LogP contribution in [0.4, 0.5) is 5.13 Å². The van der Waals surface area contributed by atoms with Gasteiger partial charge in [-0.1, -0.05) is 12.8 Å². The predicted octanol–water partition coefficient (Wildman–Crippen LogP) is 5.02. The highest BCUT2D eigenvalue weighted by Gasteiger charge is 2.30. The minimum Gasteiger partial charge on any atom is -0.494 e. The number of rotatable bonds is 8. The number of nitrogens with zero attached hydrogens (tertiary/aromatic N) is 2. The number of nitrogens with one attached hydrogen (secondary N) is 1. The minimum absolute atomic E-state index is 0.0486. The molecule has 9 heteroatoms. The van der Waals surface area contributed by atoms with Gasteiger partial charge in [0.05, 0.1) is 17.2 Å². The Morgan fingerprint density at radius 3 is 2.42 bits per heavy atom. The second-order valence-corrected chi connectivity index (χ2v) is 10.8. The van der Waals surface area contributed by atoms with E-state index in [1.807, 2.05) is 36.6 Å². The van der Waals surface area contributed by atoms with Gasteiger partial charge in [0, 0.05) is 29.6 Å². The van der Waals surface area contributed by atoms with Crippen molar-refractivity contribution in [3.8, 4) is 17.0 Å². The second-order valence-electron chi connectivity index (χ2n) is 7.93. The lowest BCUT2D eigenvalue weighted by Crippen LogP contribution is -2.35. The van der Waals surface area contributed by atoms with Crippen LogP contribution < -0.4 is 10.1 Å². The van der Waals surface area contributed by atoms with E-state index in [1.54, 1.807) is 7.05 Å². The Morgan fingerprint density at radius 2 is 1.79 bits per heavy atom. The van der Waals surface area contributed by atoms with E-state index in [4.69, 9.17) is 4.74 Å². The number of sulfonamides is 1. The fraction of sp³-hybridized carbons (Fsp3) is 0.333. The van der Waals surface area contributed by atoms with Crippen LogP contribution in [-0.4, -0.2) is 43.3 Å². The third kappa shape index (κ3) is 5.26. The Kier molecular flexibility index (Phi) is 7.11. The number of aromatic nitrogens is 1. The Labute approximate surface area is 198 Å². The van der Waals surface area contributed by atoms with Crippen LogP contribution in [0.1, 0.15) is 43.0 Å². The molecular formula is C24H27N3O4S2. The lowest BCUT2D eigenvalue weighted by molar-refractivity contribution is 0.102. The summed E-state index contributed by atoms with van der Waals surface area (Å²) in [5.41, 5.74) is 2.06. The largest absolute Gasteiger partial charge is 0.494 e. The summed E-state index contributed by atoms with van der Waals surface area (Å²) in [6.07, 6.45) is 3.90. The van der Waals surface area contributed by atoms with E-state index in [9.17, 15) is 13.2 Å². The molecule has 1 N–H and O–H groups in total. The van der Waals surface area contributed by atoms with E-state index < -0.39 is 10.0 Å². The van der Waals surface area contributed by atoms with Gasteiger partial charge in [0.2, 0.25) is 10.0 Å². The predicted molar refractivity (Wildman–Crippen MR) is 130 cm³/mol. The molecule has 1 heterocycles. The molecule has 0 spiro atoms. The van der Waals surface area contributed by atoms with Crippen molar-refractivity contribution in [1.82, 2.24) is 9.29 Å². The van der Waals surface area contributed by atoms with Crippen LogP contribution in [0.25, 0.3) is 11.3 Å². The zero-order chi connectivity index (χ0) is 23.4. The summed E-state index contributed by atoms with van der Waals surface area (Å²) in [4.78, 5) is 17.3. The molecule has 0 saturated heterocycles. The van der Waals surface area contributed by atoms with Crippen LogP contribution in [-0.2, 0) is 10.0 Å². The summed E-state index contributed by atoms with van der Waals surface area (Å²) in [5, 5.41) is 5.14. The molecule has 1 saturated carbocycles. The third-order valence-corrected chi connectivity index (χ3v) is 8.50. The normalized spacial score (nSPS) is 14.5. The molecule has 1 aliphatic rings. The third-order valence-electron chi connectivity index (χ3n) is 5.82. The second kappa shape index (κ2) is 10.0. The zero-order valence-corrected chi connectivity index (χ0v) is 20.3. The smallest absolute Gasteiger partial charge is 0.257 e. The summed E-state index contributed by atoms with van der Waals surface area (Å²) in [7, 11) is -1.94. The molecular weight excluding hydrogens is 458 g/mol. The molecule has 7 nitrogen and oxygen atoms in total. The number of thiazole rings is 1. The van der Waals surface area contributed by atoms with Crippen molar-refractivity contribution in [3.05, 3.63) is 59.5 Å². The highest BCUT2D eigenvalue weighted by atomic mass is 32.2. The van der Waals surface area contributed by atoms with E-state index in [1.165, 1.54) is 39.9 Å². The van der Waals surface area contributed by atoms with Crippen LogP contribution in [0.3, 0.4) is 0 Å². The molecule has 33 heavy (non-hydrogen) atoms. The van der Waals surface area contributed by atoms with E-state index in [-0.39, 0.29) is 16.8 Å². The summed E-state index contributed by atoms with van der Waals surface area (Å²) in [5.74, 6) is 0.459. The molecule has 0 atom stereocenters. The number of benzene rings is 2. The van der Waals surface area contributed by atoms with Gasteiger partial charge < -0.3 is 4.74 Å². The van der Waals surface area contributed by atoms with Gasteiger partial charge in [0.15, 0.2) is 5.13 Å². The average Bonchev–Trinajstić information content (AvgIpc) is 3.52. The van der Waals surface area contributed by atoms with Gasteiger partial charge in [0.25, 0.3) is 5.91 Å². The van der Waals surface area contributed by atoms with E-state index in [0.29, 0.717) is 17.3 Å². The van der Waals surface area contributed by atoms with E-state index >= 15 is 0 Å². The quantitative estimate of drug-likeness (QED) is 0.484. The van der Waals surface area contributed by atoms with Gasteiger partial charge >= 0.3 is 0 Å². The molecule has 174 valence electrons. The maximum atomic E-state index is 12.9. The van der Waals surface area contributed by atoms with Gasteiger partial charge in [-0.15, -0.1) is 11.3 Å². The van der Waals surface area contributed by atoms with Crippen molar-refractivity contribution in [3.63, 3.8) is 0 Å². The van der Waals surface area contributed by atoms with Crippen molar-refractivity contribution < 1.29 is 17.9 Å². The van der Waals surface area contributed by atoms with Crippen LogP contribution in [0, 0.1) is 0 Å². The number of carbonyl (C=O) groups excluding carboxylic acids is 1. The van der Waals surface area contributed by atoms with Gasteiger partial charge in [0.1, 0.15) is 5.75 Å². The van der Waals surface area contributed by atoms with Crippen molar-refractivity contribution >= 4 is 32.4 Å². The molecule has 2 aromatic carbocycles. The van der Waals surface area contributed by atoms with Crippen LogP contribution in [0.2, 0.25) is 0 Å². The van der Waals surface area contributed by atoms with Gasteiger partial charge in [-0.3, -0.25) is 10.1 Å². The molecule has 4 rings (SSSR count). The first kappa shape index (κ1) is 23.4. The summed E-state index contributed by atoms with van der Waals surface area (Å²) >= 11 is 1.33. The number of carbonyl (C=O) groups is 1. The molecule has 0 radical (unpaired) electrons. The summed E-state index contributed by atoms with van der Waals surface area (Å²) in [6.45, 7) is 2.54. The molecule has 0 bridgehead atoms. The summed E-state index contributed by atoms with van der Waals surface area (Å²) < 4.78 is 32.7. The van der Waals surface area contributed by atoms with Crippen LogP contribution in [0.5, 0.6) is 5.75 Å². The number of hydrogen-bond donors (Lipinski definition) is 1. The fourth-order valence-electron chi connectivity index (χ4n) is 3.93. The lowest BCUT2D eigenvalue weighted by atomic mass is 10.2. The highest BCUT2D eigenvalue weighted by Crippen LogP contribution is 2.28. The van der Waals surface area contributed by atoms with Crippen LogP contribution >= 0.6 is 11.3 Å². The number of amides is 1. The Balaban J connectivity index is 1.42. The lowest BCUT2D eigenvalue weighted by Gasteiger charge is -2.23. The molecule has 1 fully saturated rings. The van der Waals surface area contributed by atoms with Gasteiger partial charge in [-0.2, -0.15) is 4.31 Å². The van der Waals surface area contributed by atoms with Crippen molar-refractivity contribution in [2.24, 2.45) is 0 Å². The van der Waals surface area contributed by atoms with Crippen molar-refractivity contribution in [2.75, 3.05) is 19.0 Å². The van der Waals surface area contributed by atoms with Crippen molar-refractivity contribution in [2.45, 2.75) is 43.5 Å². The van der Waals surface area contributed by atoms with Crippen molar-refractivity contribution in [1.29, 1.82) is 0 Å². The maximum absolute atomic E-state index is 12.9. The topological polar surface area (TPSA) is 88.6 Å². The highest BCUT2D eigenvalue weighted by molar-refractivity contribution is 7.89. The van der Waals surface area contributed by atoms with Gasteiger partial charge in [-0.25, -0.2) is 13.4 Å². The molecule has 1 aliphatic carbocycles. The Bertz CT molecular complexity index is 1200. The molecule has 0 aliphatic heterocycles. The average molecular weight is 486 g/mol. The summed E-state index contributed by atoms with van der Waals surface area (Å²) in [6, 6.07) is 13.7. The Morgan fingerprint density at radius 1 is 1.12 bits per heavy atom. The molecule has 1 amide bonds. The first-order valence-corrected chi connectivity index (χ1v) is 13.3. The maximum Gasteiger partial charge on any atom is 0.257 e. The zero-order valence-electron chi connectivity index (χ0n) is 18.7. The number of anilines is 1. The minimum atomic E-state index is -3.58. The SMILES string of the molecule is CCOc1ccc(-c2csc(NC(=O)c3ccc(S(=O)(=O)N(C)C4CCCC4)cc3)n2)cc1. The van der Waals surface area contributed by atoms with E-state index in [0.717, 1.165) is 42.7 Å². The standard InChI is InChI=1S/C24H27N3O4S2/c1-3-31-20-12-8-17(9-13-20)22-16-32-24(25-22)26-23(28)18-10-14-21(15-11-18)33(29,30)27(2)19-6-4-5-7-19/h8-16,19H,3-7H2,1-2H3,(H,25,26,28). The van der Waals surface area contributed by atoms with E-state index in [2.05, 4.69) is 10.3 Å². The fourth-order valence-corrected chi connectivity index (χ4v) is 6.06.